The predicted octanol–water partition coefficient (Wildman–Crippen LogP) is 1.00. The Balaban J connectivity index is 2.02. The largest absolute Gasteiger partial charge is 0.384 e. The molecule has 18 heavy (non-hydrogen) atoms. The molecule has 0 spiro atoms. The van der Waals surface area contributed by atoms with Crippen molar-refractivity contribution >= 4 is 17.2 Å². The number of carbonyl (C=O) groups excluding carboxylic acids is 1. The van der Waals surface area contributed by atoms with Crippen molar-refractivity contribution in [3.05, 3.63) is 21.9 Å². The zero-order valence-electron chi connectivity index (χ0n) is 10.2. The topological polar surface area (TPSA) is 58.6 Å². The lowest BCUT2D eigenvalue weighted by molar-refractivity contribution is 0.0890. The first kappa shape index (κ1) is 13.1. The van der Waals surface area contributed by atoms with Gasteiger partial charge in [-0.05, 0) is 19.4 Å². The number of amides is 1. The van der Waals surface area contributed by atoms with Gasteiger partial charge in [0.1, 0.15) is 6.61 Å². The summed E-state index contributed by atoms with van der Waals surface area (Å²) in [7, 11) is 0. The van der Waals surface area contributed by atoms with Crippen LogP contribution < -0.4 is 5.32 Å². The second kappa shape index (κ2) is 5.53. The molecule has 4 nitrogen and oxygen atoms in total. The molecular weight excluding hydrogens is 250 g/mol. The SMILES string of the molecule is CC1(NC(=O)c2csc(C#CCO)c2)CCOC1. The average Bonchev–Trinajstić information content (AvgIpc) is 2.95. The van der Waals surface area contributed by atoms with Crippen molar-refractivity contribution in [3.8, 4) is 11.8 Å². The van der Waals surface area contributed by atoms with Gasteiger partial charge in [0.2, 0.25) is 0 Å². The van der Waals surface area contributed by atoms with Crippen molar-refractivity contribution in [2.45, 2.75) is 18.9 Å². The molecule has 1 aliphatic heterocycles. The summed E-state index contributed by atoms with van der Waals surface area (Å²) in [4.78, 5) is 12.8. The summed E-state index contributed by atoms with van der Waals surface area (Å²) in [6.45, 7) is 3.05. The van der Waals surface area contributed by atoms with E-state index in [1.807, 2.05) is 6.92 Å². The molecule has 1 amide bonds. The van der Waals surface area contributed by atoms with Gasteiger partial charge in [0.15, 0.2) is 0 Å². The summed E-state index contributed by atoms with van der Waals surface area (Å²) >= 11 is 1.40. The Morgan fingerprint density at radius 2 is 2.56 bits per heavy atom. The van der Waals surface area contributed by atoms with Gasteiger partial charge < -0.3 is 15.2 Å². The van der Waals surface area contributed by atoms with Crippen molar-refractivity contribution in [2.24, 2.45) is 0 Å². The number of carbonyl (C=O) groups is 1. The molecule has 2 N–H and O–H groups in total. The molecule has 0 aliphatic carbocycles. The third kappa shape index (κ3) is 3.10. The highest BCUT2D eigenvalue weighted by Crippen LogP contribution is 2.19. The minimum absolute atomic E-state index is 0.101. The molecule has 1 aliphatic rings. The zero-order valence-corrected chi connectivity index (χ0v) is 11.0. The molecule has 96 valence electrons. The number of aliphatic hydroxyl groups excluding tert-OH is 1. The van der Waals surface area contributed by atoms with Crippen LogP contribution in [0.3, 0.4) is 0 Å². The first-order valence-electron chi connectivity index (χ1n) is 5.71. The minimum atomic E-state index is -0.268. The first-order chi connectivity index (χ1) is 8.63. The van der Waals surface area contributed by atoms with E-state index in [-0.39, 0.29) is 18.1 Å². The molecule has 1 atom stereocenters. The predicted molar refractivity (Wildman–Crippen MR) is 69.6 cm³/mol. The van der Waals surface area contributed by atoms with Gasteiger partial charge in [-0.25, -0.2) is 0 Å². The minimum Gasteiger partial charge on any atom is -0.384 e. The number of hydrogen-bond donors (Lipinski definition) is 2. The quantitative estimate of drug-likeness (QED) is 0.784. The van der Waals surface area contributed by atoms with Gasteiger partial charge in [0, 0.05) is 12.0 Å². The number of aliphatic hydroxyl groups is 1. The molecule has 0 saturated carbocycles. The molecule has 1 aromatic rings. The molecule has 1 unspecified atom stereocenters. The summed E-state index contributed by atoms with van der Waals surface area (Å²) in [6.07, 6.45) is 0.833. The summed E-state index contributed by atoms with van der Waals surface area (Å²) in [6, 6.07) is 1.74. The normalized spacial score (nSPS) is 22.3. The summed E-state index contributed by atoms with van der Waals surface area (Å²) in [5, 5.41) is 13.4. The van der Waals surface area contributed by atoms with Gasteiger partial charge in [0.25, 0.3) is 5.91 Å². The fourth-order valence-corrected chi connectivity index (χ4v) is 2.51. The van der Waals surface area contributed by atoms with Crippen LogP contribution in [0.4, 0.5) is 0 Å². The summed E-state index contributed by atoms with van der Waals surface area (Å²) < 4.78 is 5.29. The lowest BCUT2D eigenvalue weighted by Gasteiger charge is -2.23. The number of nitrogens with one attached hydrogen (secondary N) is 1. The van der Waals surface area contributed by atoms with E-state index in [4.69, 9.17) is 9.84 Å². The van der Waals surface area contributed by atoms with E-state index in [0.717, 1.165) is 11.3 Å². The second-order valence-corrected chi connectivity index (χ2v) is 5.39. The molecule has 0 bridgehead atoms. The van der Waals surface area contributed by atoms with Crippen molar-refractivity contribution in [2.75, 3.05) is 19.8 Å². The molecule has 0 radical (unpaired) electrons. The van der Waals surface area contributed by atoms with Crippen LogP contribution in [0.15, 0.2) is 11.4 Å². The van der Waals surface area contributed by atoms with Gasteiger partial charge in [0.05, 0.1) is 22.6 Å². The number of thiophene rings is 1. The van der Waals surface area contributed by atoms with Crippen LogP contribution in [0.2, 0.25) is 0 Å². The van der Waals surface area contributed by atoms with Crippen molar-refractivity contribution in [3.63, 3.8) is 0 Å². The molecule has 1 saturated heterocycles. The molecule has 1 fully saturated rings. The maximum atomic E-state index is 12.0. The highest BCUT2D eigenvalue weighted by molar-refractivity contribution is 7.10. The molecule has 2 heterocycles. The van der Waals surface area contributed by atoms with Crippen molar-refractivity contribution < 1.29 is 14.6 Å². The Morgan fingerprint density at radius 1 is 1.72 bits per heavy atom. The lowest BCUT2D eigenvalue weighted by atomic mass is 10.0. The average molecular weight is 265 g/mol. The Kier molecular flexibility index (Phi) is 4.02. The van der Waals surface area contributed by atoms with Crippen LogP contribution >= 0.6 is 11.3 Å². The highest BCUT2D eigenvalue weighted by Gasteiger charge is 2.31. The van der Waals surface area contributed by atoms with Gasteiger partial charge in [-0.3, -0.25) is 4.79 Å². The fourth-order valence-electron chi connectivity index (χ4n) is 1.76. The Labute approximate surface area is 110 Å². The van der Waals surface area contributed by atoms with Gasteiger partial charge in [-0.15, -0.1) is 11.3 Å². The van der Waals surface area contributed by atoms with E-state index in [9.17, 15) is 4.79 Å². The van der Waals surface area contributed by atoms with Crippen LogP contribution in [0.5, 0.6) is 0 Å². The maximum Gasteiger partial charge on any atom is 0.252 e. The molecule has 2 rings (SSSR count). The van der Waals surface area contributed by atoms with Crippen LogP contribution in [0.25, 0.3) is 0 Å². The maximum absolute atomic E-state index is 12.0. The van der Waals surface area contributed by atoms with E-state index in [1.54, 1.807) is 11.4 Å². The molecular formula is C13H15NO3S. The Morgan fingerprint density at radius 3 is 3.22 bits per heavy atom. The first-order valence-corrected chi connectivity index (χ1v) is 6.59. The van der Waals surface area contributed by atoms with E-state index in [1.165, 1.54) is 11.3 Å². The second-order valence-electron chi connectivity index (χ2n) is 4.48. The van der Waals surface area contributed by atoms with Gasteiger partial charge in [-0.2, -0.15) is 0 Å². The third-order valence-electron chi connectivity index (χ3n) is 2.79. The number of hydrogen-bond acceptors (Lipinski definition) is 4. The summed E-state index contributed by atoms with van der Waals surface area (Å²) in [5.74, 6) is 5.25. The monoisotopic (exact) mass is 265 g/mol. The fraction of sp³-hybridized carbons (Fsp3) is 0.462. The van der Waals surface area contributed by atoms with E-state index < -0.39 is 0 Å². The molecule has 1 aromatic heterocycles. The van der Waals surface area contributed by atoms with Crippen molar-refractivity contribution in [1.29, 1.82) is 0 Å². The number of rotatable bonds is 2. The smallest absolute Gasteiger partial charge is 0.252 e. The molecule has 5 heteroatoms. The van der Waals surface area contributed by atoms with E-state index >= 15 is 0 Å². The number of ether oxygens (including phenoxy) is 1. The van der Waals surface area contributed by atoms with Crippen LogP contribution in [0, 0.1) is 11.8 Å². The van der Waals surface area contributed by atoms with Crippen molar-refractivity contribution in [1.82, 2.24) is 5.32 Å². The molecule has 0 aromatic carbocycles. The highest BCUT2D eigenvalue weighted by atomic mass is 32.1. The van der Waals surface area contributed by atoms with Crippen LogP contribution in [0.1, 0.15) is 28.6 Å². The van der Waals surface area contributed by atoms with Crippen LogP contribution in [-0.4, -0.2) is 36.4 Å². The Bertz CT molecular complexity index is 492. The Hall–Kier alpha value is -1.35. The van der Waals surface area contributed by atoms with Gasteiger partial charge >= 0.3 is 0 Å². The van der Waals surface area contributed by atoms with E-state index in [0.29, 0.717) is 18.8 Å². The van der Waals surface area contributed by atoms with Gasteiger partial charge in [-0.1, -0.05) is 11.8 Å². The zero-order chi connectivity index (χ0) is 13.0. The lowest BCUT2D eigenvalue weighted by Crippen LogP contribution is -2.46. The third-order valence-corrected chi connectivity index (χ3v) is 3.63. The van der Waals surface area contributed by atoms with E-state index in [2.05, 4.69) is 17.2 Å². The summed E-state index contributed by atoms with van der Waals surface area (Å²) in [5.41, 5.74) is 0.339. The standard InChI is InChI=1S/C13H15NO3S/c1-13(4-6-17-9-13)14-12(16)10-7-11(18-8-10)3-2-5-15/h7-8,15H,4-6,9H2,1H3,(H,14,16). The van der Waals surface area contributed by atoms with Crippen LogP contribution in [-0.2, 0) is 4.74 Å².